The Bertz CT molecular complexity index is 387. The fourth-order valence-electron chi connectivity index (χ4n) is 4.99. The van der Waals surface area contributed by atoms with Gasteiger partial charge >= 0.3 is 0 Å². The summed E-state index contributed by atoms with van der Waals surface area (Å²) < 4.78 is 6.17. The zero-order valence-corrected chi connectivity index (χ0v) is 14.0. The van der Waals surface area contributed by atoms with E-state index >= 15 is 0 Å². The van der Waals surface area contributed by atoms with Crippen molar-refractivity contribution in [2.24, 2.45) is 17.6 Å². The van der Waals surface area contributed by atoms with Crippen molar-refractivity contribution in [2.75, 3.05) is 13.2 Å². The van der Waals surface area contributed by atoms with Crippen molar-refractivity contribution in [3.8, 4) is 0 Å². The van der Waals surface area contributed by atoms with Gasteiger partial charge in [-0.2, -0.15) is 0 Å². The number of nitrogens with zero attached hydrogens (tertiary/aromatic N) is 1. The summed E-state index contributed by atoms with van der Waals surface area (Å²) in [5.74, 6) is 1.22. The first-order valence-electron chi connectivity index (χ1n) is 9.33. The minimum absolute atomic E-state index is 0.0551. The Kier molecular flexibility index (Phi) is 5.40. The average molecular weight is 308 g/mol. The highest BCUT2D eigenvalue weighted by Gasteiger charge is 2.44. The van der Waals surface area contributed by atoms with Gasteiger partial charge in [0.15, 0.2) is 0 Å². The number of hydrogen-bond acceptors (Lipinski definition) is 3. The largest absolute Gasteiger partial charge is 0.377 e. The number of fused-ring (bicyclic) bond motifs is 1. The first-order chi connectivity index (χ1) is 10.7. The molecule has 3 rings (SSSR count). The summed E-state index contributed by atoms with van der Waals surface area (Å²) in [7, 11) is 0. The highest BCUT2D eigenvalue weighted by atomic mass is 16.5. The Morgan fingerprint density at radius 3 is 2.64 bits per heavy atom. The van der Waals surface area contributed by atoms with E-state index in [9.17, 15) is 4.79 Å². The number of ether oxygens (including phenoxy) is 1. The predicted octanol–water partition coefficient (Wildman–Crippen LogP) is 2.70. The van der Waals surface area contributed by atoms with E-state index < -0.39 is 0 Å². The molecule has 1 amide bonds. The minimum Gasteiger partial charge on any atom is -0.377 e. The third kappa shape index (κ3) is 3.48. The number of primary amides is 1. The van der Waals surface area contributed by atoms with Gasteiger partial charge in [0.05, 0.1) is 18.8 Å². The monoisotopic (exact) mass is 308 g/mol. The van der Waals surface area contributed by atoms with Crippen molar-refractivity contribution >= 4 is 5.91 Å². The van der Waals surface area contributed by atoms with Crippen LogP contribution in [-0.4, -0.2) is 42.1 Å². The van der Waals surface area contributed by atoms with Gasteiger partial charge in [0.2, 0.25) is 5.91 Å². The zero-order chi connectivity index (χ0) is 15.5. The maximum atomic E-state index is 11.8. The average Bonchev–Trinajstić information content (AvgIpc) is 2.88. The van der Waals surface area contributed by atoms with Crippen LogP contribution in [0.1, 0.15) is 64.7 Å². The lowest BCUT2D eigenvalue weighted by Gasteiger charge is -2.34. The van der Waals surface area contributed by atoms with E-state index in [4.69, 9.17) is 10.5 Å². The van der Waals surface area contributed by atoms with E-state index in [1.165, 1.54) is 51.4 Å². The fourth-order valence-corrected chi connectivity index (χ4v) is 4.99. The zero-order valence-electron chi connectivity index (χ0n) is 14.0. The maximum Gasteiger partial charge on any atom is 0.234 e. The van der Waals surface area contributed by atoms with Crippen LogP contribution in [0.15, 0.2) is 0 Å². The minimum atomic E-state index is -0.138. The molecule has 126 valence electrons. The normalized spacial score (nSPS) is 39.6. The van der Waals surface area contributed by atoms with Crippen LogP contribution in [0, 0.1) is 11.8 Å². The van der Waals surface area contributed by atoms with E-state index in [1.807, 2.05) is 0 Å². The first kappa shape index (κ1) is 16.3. The van der Waals surface area contributed by atoms with Crippen molar-refractivity contribution in [3.05, 3.63) is 0 Å². The number of carbonyl (C=O) groups is 1. The molecule has 0 aromatic rings. The molecule has 2 aliphatic carbocycles. The van der Waals surface area contributed by atoms with Crippen LogP contribution in [0.2, 0.25) is 0 Å². The highest BCUT2D eigenvalue weighted by molar-refractivity contribution is 5.80. The Balaban J connectivity index is 1.53. The quantitative estimate of drug-likeness (QED) is 0.849. The van der Waals surface area contributed by atoms with Crippen LogP contribution in [0.5, 0.6) is 0 Å². The van der Waals surface area contributed by atoms with Crippen molar-refractivity contribution in [2.45, 2.75) is 82.9 Å². The van der Waals surface area contributed by atoms with Crippen LogP contribution in [0.25, 0.3) is 0 Å². The van der Waals surface area contributed by atoms with E-state index in [1.54, 1.807) is 0 Å². The Hall–Kier alpha value is -0.610. The molecule has 0 radical (unpaired) electrons. The molecule has 3 aliphatic rings. The summed E-state index contributed by atoms with van der Waals surface area (Å²) in [6.45, 7) is 3.93. The molecule has 22 heavy (non-hydrogen) atoms. The van der Waals surface area contributed by atoms with Gasteiger partial charge in [0.25, 0.3) is 0 Å². The maximum absolute atomic E-state index is 11.8. The summed E-state index contributed by atoms with van der Waals surface area (Å²) in [6, 6.07) is 0.513. The SMILES string of the molecule is C[C@@H]1CCCC[C@@H]1OCCN1[C@H](C(N)=O)C[C@@H]2CCCC[C@@H]21. The van der Waals surface area contributed by atoms with E-state index in [2.05, 4.69) is 11.8 Å². The molecule has 4 nitrogen and oxygen atoms in total. The second kappa shape index (κ2) is 7.31. The van der Waals surface area contributed by atoms with Gasteiger partial charge in [0, 0.05) is 12.6 Å². The number of amides is 1. The van der Waals surface area contributed by atoms with Gasteiger partial charge < -0.3 is 10.5 Å². The van der Waals surface area contributed by atoms with Gasteiger partial charge in [-0.3, -0.25) is 9.69 Å². The first-order valence-corrected chi connectivity index (χ1v) is 9.33. The van der Waals surface area contributed by atoms with Crippen LogP contribution >= 0.6 is 0 Å². The Labute approximate surface area is 134 Å². The molecule has 0 aromatic carbocycles. The van der Waals surface area contributed by atoms with Crippen LogP contribution in [0.3, 0.4) is 0 Å². The number of likely N-dealkylation sites (tertiary alicyclic amines) is 1. The second-order valence-corrected chi connectivity index (χ2v) is 7.67. The van der Waals surface area contributed by atoms with E-state index in [-0.39, 0.29) is 11.9 Å². The fraction of sp³-hybridized carbons (Fsp3) is 0.944. The standard InChI is InChI=1S/C18H32N2O2/c1-13-6-2-5-9-17(13)22-11-10-20-15-8-4-3-7-14(15)12-16(20)18(19)21/h13-17H,2-12H2,1H3,(H2,19,21)/t13-,14+,15+,16+,17+/m1/s1. The topological polar surface area (TPSA) is 55.6 Å². The molecular weight excluding hydrogens is 276 g/mol. The molecule has 0 spiro atoms. The molecule has 5 atom stereocenters. The smallest absolute Gasteiger partial charge is 0.234 e. The molecule has 2 saturated carbocycles. The summed E-state index contributed by atoms with van der Waals surface area (Å²) in [5.41, 5.74) is 5.66. The lowest BCUT2D eigenvalue weighted by molar-refractivity contribution is -0.123. The summed E-state index contributed by atoms with van der Waals surface area (Å²) >= 11 is 0. The van der Waals surface area contributed by atoms with Gasteiger partial charge in [-0.1, -0.05) is 32.6 Å². The Morgan fingerprint density at radius 1 is 1.14 bits per heavy atom. The molecule has 1 heterocycles. The Morgan fingerprint density at radius 2 is 1.86 bits per heavy atom. The molecule has 0 unspecified atom stereocenters. The van der Waals surface area contributed by atoms with Gasteiger partial charge in [-0.15, -0.1) is 0 Å². The number of nitrogens with two attached hydrogens (primary N) is 1. The van der Waals surface area contributed by atoms with Crippen molar-refractivity contribution in [3.63, 3.8) is 0 Å². The van der Waals surface area contributed by atoms with E-state index in [0.717, 1.165) is 19.6 Å². The molecule has 1 saturated heterocycles. The number of carbonyl (C=O) groups excluding carboxylic acids is 1. The summed E-state index contributed by atoms with van der Waals surface area (Å²) in [4.78, 5) is 14.2. The third-order valence-corrected chi connectivity index (χ3v) is 6.26. The van der Waals surface area contributed by atoms with E-state index in [0.29, 0.717) is 24.0 Å². The molecule has 0 bridgehead atoms. The predicted molar refractivity (Wildman–Crippen MR) is 87.4 cm³/mol. The van der Waals surface area contributed by atoms with Gasteiger partial charge in [-0.05, 0) is 43.9 Å². The lowest BCUT2D eigenvalue weighted by Crippen LogP contribution is -2.46. The van der Waals surface area contributed by atoms with Crippen molar-refractivity contribution < 1.29 is 9.53 Å². The molecule has 0 aromatic heterocycles. The van der Waals surface area contributed by atoms with Gasteiger partial charge in [-0.25, -0.2) is 0 Å². The lowest BCUT2D eigenvalue weighted by atomic mass is 9.85. The molecule has 3 fully saturated rings. The van der Waals surface area contributed by atoms with Gasteiger partial charge in [0.1, 0.15) is 0 Å². The van der Waals surface area contributed by atoms with Crippen LogP contribution in [-0.2, 0) is 9.53 Å². The second-order valence-electron chi connectivity index (χ2n) is 7.67. The summed E-state index contributed by atoms with van der Waals surface area (Å²) in [6.07, 6.45) is 11.6. The van der Waals surface area contributed by atoms with Crippen molar-refractivity contribution in [1.82, 2.24) is 4.90 Å². The van der Waals surface area contributed by atoms with Crippen LogP contribution < -0.4 is 5.73 Å². The summed E-state index contributed by atoms with van der Waals surface area (Å²) in [5, 5.41) is 0. The highest BCUT2D eigenvalue weighted by Crippen LogP contribution is 2.39. The third-order valence-electron chi connectivity index (χ3n) is 6.26. The number of hydrogen-bond donors (Lipinski definition) is 1. The molecule has 2 N–H and O–H groups in total. The number of rotatable bonds is 5. The molecule has 4 heteroatoms. The molecular formula is C18H32N2O2. The van der Waals surface area contributed by atoms with Crippen molar-refractivity contribution in [1.29, 1.82) is 0 Å². The molecule has 1 aliphatic heterocycles. The van der Waals surface area contributed by atoms with Crippen LogP contribution in [0.4, 0.5) is 0 Å².